The van der Waals surface area contributed by atoms with E-state index in [2.05, 4.69) is 10.6 Å². The number of hydrogen-bond acceptors (Lipinski definition) is 4. The van der Waals surface area contributed by atoms with Gasteiger partial charge >= 0.3 is 12.0 Å². The minimum absolute atomic E-state index is 0.0506. The van der Waals surface area contributed by atoms with Crippen molar-refractivity contribution in [2.24, 2.45) is 0 Å². The molecule has 108 valence electrons. The fourth-order valence-corrected chi connectivity index (χ4v) is 1.94. The first-order valence-corrected chi connectivity index (χ1v) is 6.10. The number of carbonyl (C=O) groups is 3. The van der Waals surface area contributed by atoms with Gasteiger partial charge in [0.25, 0.3) is 0 Å². The molecule has 0 aliphatic carbocycles. The Morgan fingerprint density at radius 1 is 1.32 bits per heavy atom. The van der Waals surface area contributed by atoms with Crippen LogP contribution in [0.2, 0.25) is 0 Å². The second kappa shape index (κ2) is 6.93. The number of rotatable bonds is 4. The average Bonchev–Trinajstić information content (AvgIpc) is 2.35. The summed E-state index contributed by atoms with van der Waals surface area (Å²) in [6.07, 6.45) is 1.26. The van der Waals surface area contributed by atoms with Crippen LogP contribution in [0.1, 0.15) is 19.8 Å². The van der Waals surface area contributed by atoms with Crippen LogP contribution in [0, 0.1) is 0 Å². The minimum atomic E-state index is -1.29. The number of carbonyl (C=O) groups excluding carboxylic acids is 2. The van der Waals surface area contributed by atoms with Gasteiger partial charge in [0.05, 0.1) is 6.61 Å². The summed E-state index contributed by atoms with van der Waals surface area (Å²) in [7, 11) is 0. The summed E-state index contributed by atoms with van der Waals surface area (Å²) in [5.41, 5.74) is 0. The monoisotopic (exact) mass is 273 g/mol. The number of piperidine rings is 1. The van der Waals surface area contributed by atoms with Gasteiger partial charge in [0.15, 0.2) is 6.04 Å². The minimum Gasteiger partial charge on any atom is -0.480 e. The molecule has 0 aromatic heterocycles. The Morgan fingerprint density at radius 2 is 1.89 bits per heavy atom. The zero-order valence-corrected chi connectivity index (χ0v) is 10.8. The van der Waals surface area contributed by atoms with Gasteiger partial charge in [-0.05, 0) is 12.8 Å². The fraction of sp³-hybridized carbons (Fsp3) is 0.727. The van der Waals surface area contributed by atoms with E-state index in [1.54, 1.807) is 0 Å². The highest BCUT2D eigenvalue weighted by Crippen LogP contribution is 2.10. The maximum Gasteiger partial charge on any atom is 0.328 e. The number of aliphatic hydroxyl groups excluding tert-OH is 1. The van der Waals surface area contributed by atoms with Crippen molar-refractivity contribution in [2.75, 3.05) is 19.7 Å². The standard InChI is InChI=1S/C11H19N3O5/c1-7(16)12-8-2-4-14(5-3-8)11(19)13-9(6-15)10(17)18/h8-9,15H,2-6H2,1H3,(H,12,16)(H,13,19)(H,17,18)/t9-/m0/s1. The van der Waals surface area contributed by atoms with Gasteiger partial charge in [0.2, 0.25) is 5.91 Å². The number of nitrogens with zero attached hydrogens (tertiary/aromatic N) is 1. The maximum atomic E-state index is 11.8. The van der Waals surface area contributed by atoms with E-state index in [4.69, 9.17) is 10.2 Å². The second-order valence-electron chi connectivity index (χ2n) is 4.48. The van der Waals surface area contributed by atoms with Crippen molar-refractivity contribution >= 4 is 17.9 Å². The smallest absolute Gasteiger partial charge is 0.328 e. The van der Waals surface area contributed by atoms with Crippen LogP contribution in [0.3, 0.4) is 0 Å². The molecule has 1 fully saturated rings. The molecule has 0 radical (unpaired) electrons. The van der Waals surface area contributed by atoms with Gasteiger partial charge in [-0.15, -0.1) is 0 Å². The number of carboxylic acid groups (broad SMARTS) is 1. The summed E-state index contributed by atoms with van der Waals surface area (Å²) >= 11 is 0. The third kappa shape index (κ3) is 4.74. The lowest BCUT2D eigenvalue weighted by Crippen LogP contribution is -2.53. The Kier molecular flexibility index (Phi) is 5.56. The number of hydrogen-bond donors (Lipinski definition) is 4. The molecule has 1 saturated heterocycles. The summed E-state index contributed by atoms with van der Waals surface area (Å²) < 4.78 is 0. The van der Waals surface area contributed by atoms with Crippen molar-refractivity contribution in [3.63, 3.8) is 0 Å². The van der Waals surface area contributed by atoms with Gasteiger partial charge in [-0.2, -0.15) is 0 Å². The normalized spacial score (nSPS) is 17.7. The molecule has 1 heterocycles. The van der Waals surface area contributed by atoms with Crippen molar-refractivity contribution in [3.8, 4) is 0 Å². The molecule has 19 heavy (non-hydrogen) atoms. The highest BCUT2D eigenvalue weighted by atomic mass is 16.4. The Balaban J connectivity index is 2.40. The summed E-state index contributed by atoms with van der Waals surface area (Å²) in [6, 6.07) is -1.75. The first-order valence-electron chi connectivity index (χ1n) is 6.10. The van der Waals surface area contributed by atoms with E-state index in [0.29, 0.717) is 25.9 Å². The average molecular weight is 273 g/mol. The largest absolute Gasteiger partial charge is 0.480 e. The van der Waals surface area contributed by atoms with Gasteiger partial charge in [0.1, 0.15) is 0 Å². The van der Waals surface area contributed by atoms with Crippen LogP contribution in [-0.2, 0) is 9.59 Å². The molecule has 1 aliphatic heterocycles. The molecular formula is C11H19N3O5. The number of carboxylic acids is 1. The number of aliphatic carboxylic acids is 1. The van der Waals surface area contributed by atoms with E-state index in [9.17, 15) is 14.4 Å². The van der Waals surface area contributed by atoms with Crippen LogP contribution in [-0.4, -0.2) is 64.8 Å². The molecule has 0 aromatic carbocycles. The van der Waals surface area contributed by atoms with Crippen LogP contribution in [0.4, 0.5) is 4.79 Å². The zero-order chi connectivity index (χ0) is 14.4. The zero-order valence-electron chi connectivity index (χ0n) is 10.8. The van der Waals surface area contributed by atoms with Crippen LogP contribution < -0.4 is 10.6 Å². The molecule has 8 heteroatoms. The van der Waals surface area contributed by atoms with E-state index in [1.165, 1.54) is 11.8 Å². The van der Waals surface area contributed by atoms with Crippen molar-refractivity contribution in [3.05, 3.63) is 0 Å². The molecule has 1 aliphatic rings. The first kappa shape index (κ1) is 15.2. The summed E-state index contributed by atoms with van der Waals surface area (Å²) in [4.78, 5) is 34.8. The number of aliphatic hydroxyl groups is 1. The van der Waals surface area contributed by atoms with Gasteiger partial charge < -0.3 is 25.7 Å². The van der Waals surface area contributed by atoms with Gasteiger partial charge in [0, 0.05) is 26.1 Å². The summed E-state index contributed by atoms with van der Waals surface area (Å²) in [5, 5.41) is 22.6. The van der Waals surface area contributed by atoms with Crippen LogP contribution in [0.5, 0.6) is 0 Å². The van der Waals surface area contributed by atoms with E-state index >= 15 is 0 Å². The first-order chi connectivity index (χ1) is 8.93. The SMILES string of the molecule is CC(=O)NC1CCN(C(=O)N[C@@H](CO)C(=O)O)CC1. The highest BCUT2D eigenvalue weighted by Gasteiger charge is 2.26. The maximum absolute atomic E-state index is 11.8. The van der Waals surface area contributed by atoms with Gasteiger partial charge in [-0.1, -0.05) is 0 Å². The number of nitrogens with one attached hydrogen (secondary N) is 2. The number of likely N-dealkylation sites (tertiary alicyclic amines) is 1. The van der Waals surface area contributed by atoms with Crippen LogP contribution in [0.25, 0.3) is 0 Å². The molecule has 1 rings (SSSR count). The molecular weight excluding hydrogens is 254 g/mol. The summed E-state index contributed by atoms with van der Waals surface area (Å²) in [6.45, 7) is 1.67. The quantitative estimate of drug-likeness (QED) is 0.510. The van der Waals surface area contributed by atoms with E-state index in [1.807, 2.05) is 0 Å². The van der Waals surface area contributed by atoms with Crippen LogP contribution >= 0.6 is 0 Å². The number of amides is 3. The number of urea groups is 1. The lowest BCUT2D eigenvalue weighted by atomic mass is 10.1. The van der Waals surface area contributed by atoms with Gasteiger partial charge in [-0.3, -0.25) is 4.79 Å². The molecule has 0 spiro atoms. The fourth-order valence-electron chi connectivity index (χ4n) is 1.94. The van der Waals surface area contributed by atoms with Gasteiger partial charge in [-0.25, -0.2) is 9.59 Å². The topological polar surface area (TPSA) is 119 Å². The molecule has 4 N–H and O–H groups in total. The Labute approximate surface area is 110 Å². The molecule has 0 aromatic rings. The molecule has 0 bridgehead atoms. The second-order valence-corrected chi connectivity index (χ2v) is 4.48. The van der Waals surface area contributed by atoms with Crippen molar-refractivity contribution in [1.29, 1.82) is 0 Å². The van der Waals surface area contributed by atoms with E-state index < -0.39 is 24.6 Å². The lowest BCUT2D eigenvalue weighted by Gasteiger charge is -2.32. The van der Waals surface area contributed by atoms with Crippen molar-refractivity contribution in [1.82, 2.24) is 15.5 Å². The Bertz CT molecular complexity index is 352. The predicted octanol–water partition coefficient (Wildman–Crippen LogP) is -1.26. The molecule has 1 atom stereocenters. The van der Waals surface area contributed by atoms with Crippen molar-refractivity contribution < 1.29 is 24.6 Å². The predicted molar refractivity (Wildman–Crippen MR) is 65.5 cm³/mol. The van der Waals surface area contributed by atoms with Crippen molar-refractivity contribution in [2.45, 2.75) is 31.8 Å². The Hall–Kier alpha value is -1.83. The molecule has 3 amide bonds. The lowest BCUT2D eigenvalue weighted by molar-refractivity contribution is -0.140. The molecule has 0 saturated carbocycles. The third-order valence-corrected chi connectivity index (χ3v) is 2.97. The third-order valence-electron chi connectivity index (χ3n) is 2.97. The molecule has 8 nitrogen and oxygen atoms in total. The highest BCUT2D eigenvalue weighted by molar-refractivity contribution is 5.82. The van der Waals surface area contributed by atoms with E-state index in [-0.39, 0.29) is 11.9 Å². The van der Waals surface area contributed by atoms with Crippen LogP contribution in [0.15, 0.2) is 0 Å². The molecule has 0 unspecified atom stereocenters. The van der Waals surface area contributed by atoms with E-state index in [0.717, 1.165) is 0 Å². The Morgan fingerprint density at radius 3 is 2.32 bits per heavy atom. The summed E-state index contributed by atoms with van der Waals surface area (Å²) in [5.74, 6) is -1.38.